The molecule has 0 bridgehead atoms. The first kappa shape index (κ1) is 23.2. The minimum absolute atomic E-state index is 0.00754. The number of alkyl halides is 3. The smallest absolute Gasteiger partial charge is 0.374 e. The van der Waals surface area contributed by atoms with Gasteiger partial charge >= 0.3 is 6.18 Å². The SMILES string of the molecule is CC1(NC(=O)c2ccc(C3=NOC(c4cc(Cl)cc(Cl)c4)(C(F)(F)F)C3)cc2F)CSC1. The van der Waals surface area contributed by atoms with Crippen molar-refractivity contribution in [1.29, 1.82) is 0 Å². The Morgan fingerprint density at radius 3 is 2.34 bits per heavy atom. The summed E-state index contributed by atoms with van der Waals surface area (Å²) in [5, 5.41) is 6.39. The molecule has 0 spiro atoms. The number of rotatable bonds is 4. The number of nitrogens with zero attached hydrogens (tertiary/aromatic N) is 1. The van der Waals surface area contributed by atoms with E-state index < -0.39 is 35.5 Å². The summed E-state index contributed by atoms with van der Waals surface area (Å²) < 4.78 is 56.9. The van der Waals surface area contributed by atoms with E-state index in [9.17, 15) is 22.4 Å². The summed E-state index contributed by atoms with van der Waals surface area (Å²) in [6, 6.07) is 7.05. The van der Waals surface area contributed by atoms with Crippen LogP contribution in [0.5, 0.6) is 0 Å². The molecule has 2 heterocycles. The van der Waals surface area contributed by atoms with Gasteiger partial charge in [0.2, 0.25) is 0 Å². The highest BCUT2D eigenvalue weighted by Gasteiger charge is 2.62. The third kappa shape index (κ3) is 4.18. The highest BCUT2D eigenvalue weighted by atomic mass is 35.5. The van der Waals surface area contributed by atoms with E-state index in [1.807, 2.05) is 6.92 Å². The van der Waals surface area contributed by atoms with Crippen molar-refractivity contribution >= 4 is 46.6 Å². The van der Waals surface area contributed by atoms with Crippen molar-refractivity contribution < 1.29 is 27.2 Å². The summed E-state index contributed by atoms with van der Waals surface area (Å²) in [5.41, 5.74) is -3.78. The first-order valence-electron chi connectivity index (χ1n) is 9.41. The Bertz CT molecular complexity index is 1100. The molecule has 2 aliphatic heterocycles. The molecule has 1 saturated heterocycles. The fourth-order valence-corrected chi connectivity index (χ4v) is 5.03. The van der Waals surface area contributed by atoms with Gasteiger partial charge in [-0.3, -0.25) is 4.79 Å². The lowest BCUT2D eigenvalue weighted by Crippen LogP contribution is -2.55. The van der Waals surface area contributed by atoms with Gasteiger partial charge in [0.1, 0.15) is 5.82 Å². The van der Waals surface area contributed by atoms with Crippen LogP contribution in [0.15, 0.2) is 41.6 Å². The van der Waals surface area contributed by atoms with Gasteiger partial charge < -0.3 is 10.2 Å². The van der Waals surface area contributed by atoms with Crippen LogP contribution in [0, 0.1) is 5.82 Å². The first-order valence-corrected chi connectivity index (χ1v) is 11.3. The molecule has 2 aromatic carbocycles. The highest BCUT2D eigenvalue weighted by molar-refractivity contribution is 8.00. The van der Waals surface area contributed by atoms with Crippen LogP contribution in [-0.2, 0) is 10.4 Å². The Morgan fingerprint density at radius 2 is 1.81 bits per heavy atom. The highest BCUT2D eigenvalue weighted by Crippen LogP contribution is 2.49. The van der Waals surface area contributed by atoms with E-state index in [-0.39, 0.29) is 32.4 Å². The molecule has 1 amide bonds. The molecule has 2 aliphatic rings. The second-order valence-electron chi connectivity index (χ2n) is 7.99. The predicted octanol–water partition coefficient (Wildman–Crippen LogP) is 5.95. The maximum Gasteiger partial charge on any atom is 0.435 e. The molecular weight excluding hydrogens is 491 g/mol. The lowest BCUT2D eigenvalue weighted by atomic mass is 9.86. The first-order chi connectivity index (χ1) is 14.9. The molecule has 1 atom stereocenters. The number of hydrogen-bond donors (Lipinski definition) is 1. The van der Waals surface area contributed by atoms with Crippen molar-refractivity contribution in [2.75, 3.05) is 11.5 Å². The molecule has 0 aromatic heterocycles. The molecule has 170 valence electrons. The summed E-state index contributed by atoms with van der Waals surface area (Å²) >= 11 is 13.4. The molecule has 0 radical (unpaired) electrons. The van der Waals surface area contributed by atoms with Crippen LogP contribution in [0.2, 0.25) is 10.0 Å². The Balaban J connectivity index is 1.61. The van der Waals surface area contributed by atoms with Crippen LogP contribution in [0.4, 0.5) is 17.6 Å². The Morgan fingerprint density at radius 1 is 1.16 bits per heavy atom. The van der Waals surface area contributed by atoms with Gasteiger partial charge in [-0.1, -0.05) is 34.4 Å². The van der Waals surface area contributed by atoms with Crippen LogP contribution in [0.1, 0.15) is 34.8 Å². The molecule has 32 heavy (non-hydrogen) atoms. The Labute approximate surface area is 195 Å². The van der Waals surface area contributed by atoms with E-state index in [0.29, 0.717) is 0 Å². The molecule has 4 rings (SSSR count). The molecule has 2 aromatic rings. The third-order valence-electron chi connectivity index (χ3n) is 5.32. The molecule has 11 heteroatoms. The maximum absolute atomic E-state index is 14.7. The fourth-order valence-electron chi connectivity index (χ4n) is 3.55. The van der Waals surface area contributed by atoms with Gasteiger partial charge in [-0.2, -0.15) is 24.9 Å². The minimum Gasteiger partial charge on any atom is -0.374 e. The van der Waals surface area contributed by atoms with Gasteiger partial charge in [0.25, 0.3) is 11.5 Å². The normalized spacial score (nSPS) is 22.0. The van der Waals surface area contributed by atoms with Crippen LogP contribution in [0.3, 0.4) is 0 Å². The fraction of sp³-hybridized carbons (Fsp3) is 0.333. The summed E-state index contributed by atoms with van der Waals surface area (Å²) in [6.45, 7) is 1.86. The second kappa shape index (κ2) is 8.11. The van der Waals surface area contributed by atoms with E-state index in [1.165, 1.54) is 18.2 Å². The monoisotopic (exact) mass is 506 g/mol. The predicted molar refractivity (Wildman–Crippen MR) is 116 cm³/mol. The lowest BCUT2D eigenvalue weighted by molar-refractivity contribution is -0.275. The topological polar surface area (TPSA) is 50.7 Å². The van der Waals surface area contributed by atoms with Crippen LogP contribution >= 0.6 is 35.0 Å². The summed E-state index contributed by atoms with van der Waals surface area (Å²) in [6.07, 6.45) is -5.58. The average molecular weight is 507 g/mol. The van der Waals surface area contributed by atoms with Crippen LogP contribution < -0.4 is 5.32 Å². The lowest BCUT2D eigenvalue weighted by Gasteiger charge is -2.38. The minimum atomic E-state index is -4.86. The molecule has 4 nitrogen and oxygen atoms in total. The standard InChI is InChI=1S/C21H16Cl2F4N2O2S/c1-19(9-32-10-19)28-18(30)15-3-2-11(4-16(15)24)17-8-20(31-29-17,21(25,26)27)12-5-13(22)7-14(23)6-12/h2-7H,8-10H2,1H3,(H,28,30). The number of carbonyl (C=O) groups is 1. The molecule has 0 saturated carbocycles. The van der Waals surface area contributed by atoms with Crippen molar-refractivity contribution in [2.24, 2.45) is 5.16 Å². The molecule has 1 unspecified atom stereocenters. The number of thioether (sulfide) groups is 1. The quantitative estimate of drug-likeness (QED) is 0.521. The zero-order valence-electron chi connectivity index (χ0n) is 16.5. The number of hydrogen-bond acceptors (Lipinski definition) is 4. The van der Waals surface area contributed by atoms with Crippen LogP contribution in [0.25, 0.3) is 0 Å². The second-order valence-corrected chi connectivity index (χ2v) is 9.85. The Hall–Kier alpha value is -1.97. The largest absolute Gasteiger partial charge is 0.435 e. The molecule has 0 aliphatic carbocycles. The zero-order valence-corrected chi connectivity index (χ0v) is 18.9. The van der Waals surface area contributed by atoms with E-state index in [0.717, 1.165) is 29.7 Å². The van der Waals surface area contributed by atoms with Gasteiger partial charge in [0.15, 0.2) is 0 Å². The molecular formula is C21H16Cl2F4N2O2S. The number of halogens is 6. The number of benzene rings is 2. The number of nitrogens with one attached hydrogen (secondary N) is 1. The van der Waals surface area contributed by atoms with Crippen molar-refractivity contribution in [3.8, 4) is 0 Å². The van der Waals surface area contributed by atoms with E-state index in [2.05, 4.69) is 10.5 Å². The van der Waals surface area contributed by atoms with Gasteiger partial charge in [-0.25, -0.2) is 4.39 Å². The van der Waals surface area contributed by atoms with Gasteiger partial charge in [0.05, 0.1) is 16.8 Å². The maximum atomic E-state index is 14.7. The Kier molecular flexibility index (Phi) is 5.88. The van der Waals surface area contributed by atoms with Gasteiger partial charge in [-0.05, 0) is 37.3 Å². The van der Waals surface area contributed by atoms with Gasteiger partial charge in [0, 0.05) is 39.1 Å². The zero-order chi connectivity index (χ0) is 23.3. The summed E-state index contributed by atoms with van der Waals surface area (Å²) in [4.78, 5) is 17.3. The summed E-state index contributed by atoms with van der Waals surface area (Å²) in [5.74, 6) is -0.00698. The van der Waals surface area contributed by atoms with Crippen molar-refractivity contribution in [1.82, 2.24) is 5.32 Å². The van der Waals surface area contributed by atoms with Crippen molar-refractivity contribution in [2.45, 2.75) is 30.7 Å². The molecule has 1 N–H and O–H groups in total. The van der Waals surface area contributed by atoms with Crippen molar-refractivity contribution in [3.63, 3.8) is 0 Å². The molecule has 1 fully saturated rings. The van der Waals surface area contributed by atoms with E-state index >= 15 is 0 Å². The number of carbonyl (C=O) groups excluding carboxylic acids is 1. The van der Waals surface area contributed by atoms with Crippen molar-refractivity contribution in [3.05, 3.63) is 69.0 Å². The third-order valence-corrected chi connectivity index (χ3v) is 7.44. The summed E-state index contributed by atoms with van der Waals surface area (Å²) in [7, 11) is 0. The van der Waals surface area contributed by atoms with Gasteiger partial charge in [-0.15, -0.1) is 0 Å². The van der Waals surface area contributed by atoms with Crippen LogP contribution in [-0.4, -0.2) is 34.8 Å². The number of oxime groups is 1. The average Bonchev–Trinajstić information content (AvgIpc) is 3.12. The number of amides is 1. The van der Waals surface area contributed by atoms with E-state index in [1.54, 1.807) is 11.8 Å². The van der Waals surface area contributed by atoms with E-state index in [4.69, 9.17) is 28.0 Å².